The van der Waals surface area contributed by atoms with Gasteiger partial charge in [0.2, 0.25) is 5.91 Å². The molecule has 1 aliphatic carbocycles. The number of anilines is 3. The SMILES string of the molecule is C=CC(=O)Nc1cc2c(Nc3ccc(OCc4ccccn4)c(Cl)c3)ncnc2cc1C#CC1CC2(C1)CN(C(=O)O)C2. The number of hydrogen-bond acceptors (Lipinski definition) is 7. The van der Waals surface area contributed by atoms with E-state index < -0.39 is 6.09 Å². The number of carboxylic acid groups (broad SMARTS) is 1. The van der Waals surface area contributed by atoms with Gasteiger partial charge in [-0.1, -0.05) is 36.1 Å². The number of aromatic nitrogens is 3. The van der Waals surface area contributed by atoms with Crippen molar-refractivity contribution in [2.24, 2.45) is 11.3 Å². The molecule has 0 radical (unpaired) electrons. The summed E-state index contributed by atoms with van der Waals surface area (Å²) in [6.45, 7) is 4.98. The molecule has 4 aromatic rings. The quantitative estimate of drug-likeness (QED) is 0.179. The largest absolute Gasteiger partial charge is 0.486 e. The number of likely N-dealkylation sites (tertiary alicyclic amines) is 1. The van der Waals surface area contributed by atoms with Crippen molar-refractivity contribution in [3.63, 3.8) is 0 Å². The number of ether oxygens (including phenoxy) is 1. The van der Waals surface area contributed by atoms with E-state index in [0.717, 1.165) is 18.5 Å². The lowest BCUT2D eigenvalue weighted by atomic mass is 9.58. The molecule has 2 aromatic heterocycles. The van der Waals surface area contributed by atoms with Crippen molar-refractivity contribution in [1.82, 2.24) is 19.9 Å². The third-order valence-corrected chi connectivity index (χ3v) is 7.90. The van der Waals surface area contributed by atoms with Crippen molar-refractivity contribution in [2.45, 2.75) is 19.4 Å². The molecule has 2 fully saturated rings. The van der Waals surface area contributed by atoms with E-state index in [4.69, 9.17) is 21.4 Å². The zero-order valence-electron chi connectivity index (χ0n) is 23.0. The highest BCUT2D eigenvalue weighted by Crippen LogP contribution is 2.51. The minimum absolute atomic E-state index is 0.0567. The number of pyridine rings is 1. The molecule has 2 amide bonds. The van der Waals surface area contributed by atoms with Gasteiger partial charge in [-0.2, -0.15) is 0 Å². The normalized spacial score (nSPS) is 15.0. The second kappa shape index (κ2) is 11.6. The molecule has 0 atom stereocenters. The maximum atomic E-state index is 12.3. The molecule has 10 nitrogen and oxygen atoms in total. The smallest absolute Gasteiger partial charge is 0.407 e. The van der Waals surface area contributed by atoms with E-state index in [1.807, 2.05) is 30.3 Å². The average Bonchev–Trinajstić information content (AvgIpc) is 2.95. The molecule has 1 saturated carbocycles. The van der Waals surface area contributed by atoms with Crippen LogP contribution in [0.4, 0.5) is 22.0 Å². The van der Waals surface area contributed by atoms with Gasteiger partial charge in [0.1, 0.15) is 24.5 Å². The van der Waals surface area contributed by atoms with Crippen LogP contribution in [0.25, 0.3) is 10.9 Å². The van der Waals surface area contributed by atoms with E-state index >= 15 is 0 Å². The highest BCUT2D eigenvalue weighted by atomic mass is 35.5. The molecule has 1 saturated heterocycles. The van der Waals surface area contributed by atoms with E-state index in [1.54, 1.807) is 24.4 Å². The number of benzene rings is 2. The van der Waals surface area contributed by atoms with Crippen LogP contribution in [0.2, 0.25) is 5.02 Å². The van der Waals surface area contributed by atoms with Crippen molar-refractivity contribution >= 4 is 51.7 Å². The fourth-order valence-corrected chi connectivity index (χ4v) is 5.72. The first-order valence-electron chi connectivity index (χ1n) is 13.6. The summed E-state index contributed by atoms with van der Waals surface area (Å²) in [5.41, 5.74) is 3.30. The molecule has 216 valence electrons. The molecule has 0 unspecified atom stereocenters. The van der Waals surface area contributed by atoms with E-state index in [2.05, 4.69) is 44.0 Å². The number of rotatable bonds is 7. The first kappa shape index (κ1) is 28.0. The average molecular weight is 595 g/mol. The Hall–Kier alpha value is -5.14. The van der Waals surface area contributed by atoms with Crippen molar-refractivity contribution < 1.29 is 19.4 Å². The molecule has 11 heteroatoms. The Morgan fingerprint density at radius 2 is 2.00 bits per heavy atom. The molecule has 6 rings (SSSR count). The standard InChI is InChI=1S/C32H27ClN6O4/c1-2-29(40)38-26-13-24-27(11-21(26)7-6-20-14-32(15-20)17-39(18-32)31(41)42)35-19-36-30(24)37-22-8-9-28(25(33)12-22)43-16-23-5-3-4-10-34-23/h2-5,8-13,19-20H,1,14-18H2,(H,38,40)(H,41,42)(H,35,36,37). The number of hydrogen-bond donors (Lipinski definition) is 3. The van der Waals surface area contributed by atoms with Gasteiger partial charge >= 0.3 is 6.09 Å². The monoisotopic (exact) mass is 594 g/mol. The lowest BCUT2D eigenvalue weighted by Crippen LogP contribution is -2.63. The van der Waals surface area contributed by atoms with Crippen LogP contribution in [-0.4, -0.2) is 50.0 Å². The maximum Gasteiger partial charge on any atom is 0.407 e. The summed E-state index contributed by atoms with van der Waals surface area (Å²) in [5, 5.41) is 16.3. The van der Waals surface area contributed by atoms with Crippen LogP contribution < -0.4 is 15.4 Å². The summed E-state index contributed by atoms with van der Waals surface area (Å²) in [4.78, 5) is 37.9. The van der Waals surface area contributed by atoms with E-state index in [1.165, 1.54) is 17.3 Å². The highest BCUT2D eigenvalue weighted by Gasteiger charge is 2.53. The van der Waals surface area contributed by atoms with E-state index in [9.17, 15) is 9.59 Å². The lowest BCUT2D eigenvalue weighted by molar-refractivity contribution is -0.111. The predicted octanol–water partition coefficient (Wildman–Crippen LogP) is 5.87. The number of fused-ring (bicyclic) bond motifs is 1. The second-order valence-electron chi connectivity index (χ2n) is 10.7. The number of amides is 2. The Bertz CT molecular complexity index is 1790. The minimum Gasteiger partial charge on any atom is -0.486 e. The number of halogens is 1. The number of carbonyl (C=O) groups excluding carboxylic acids is 1. The number of carbonyl (C=O) groups is 2. The Balaban J connectivity index is 1.21. The number of nitrogens with one attached hydrogen (secondary N) is 2. The fourth-order valence-electron chi connectivity index (χ4n) is 5.49. The van der Waals surface area contributed by atoms with Crippen LogP contribution >= 0.6 is 11.6 Å². The van der Waals surface area contributed by atoms with Gasteiger partial charge in [-0.3, -0.25) is 9.78 Å². The summed E-state index contributed by atoms with van der Waals surface area (Å²) < 4.78 is 5.83. The van der Waals surface area contributed by atoms with Gasteiger partial charge in [0.25, 0.3) is 0 Å². The van der Waals surface area contributed by atoms with Crippen LogP contribution in [0.5, 0.6) is 5.75 Å². The van der Waals surface area contributed by atoms with Crippen LogP contribution in [-0.2, 0) is 11.4 Å². The van der Waals surface area contributed by atoms with Gasteiger partial charge in [0.05, 0.1) is 27.5 Å². The van der Waals surface area contributed by atoms with Crippen molar-refractivity contribution in [3.05, 3.63) is 90.0 Å². The molecule has 1 aliphatic heterocycles. The zero-order chi connectivity index (χ0) is 30.0. The Morgan fingerprint density at radius 3 is 2.72 bits per heavy atom. The van der Waals surface area contributed by atoms with Gasteiger partial charge in [0.15, 0.2) is 0 Å². The summed E-state index contributed by atoms with van der Waals surface area (Å²) >= 11 is 6.51. The summed E-state index contributed by atoms with van der Waals surface area (Å²) in [7, 11) is 0. The molecular formula is C32H27ClN6O4. The Kier molecular flexibility index (Phi) is 7.57. The van der Waals surface area contributed by atoms with Gasteiger partial charge < -0.3 is 25.4 Å². The lowest BCUT2D eigenvalue weighted by Gasteiger charge is -2.57. The van der Waals surface area contributed by atoms with Gasteiger partial charge in [0, 0.05) is 41.7 Å². The van der Waals surface area contributed by atoms with Crippen molar-refractivity contribution in [3.8, 4) is 17.6 Å². The second-order valence-corrected chi connectivity index (χ2v) is 11.1. The van der Waals surface area contributed by atoms with Crippen molar-refractivity contribution in [2.75, 3.05) is 23.7 Å². The maximum absolute atomic E-state index is 12.3. The summed E-state index contributed by atoms with van der Waals surface area (Å²) in [6, 6.07) is 14.6. The van der Waals surface area contributed by atoms with E-state index in [0.29, 0.717) is 64.1 Å². The molecular weight excluding hydrogens is 568 g/mol. The Labute approximate surface area is 252 Å². The van der Waals surface area contributed by atoms with Crippen molar-refractivity contribution in [1.29, 1.82) is 0 Å². The topological polar surface area (TPSA) is 130 Å². The third-order valence-electron chi connectivity index (χ3n) is 7.61. The zero-order valence-corrected chi connectivity index (χ0v) is 23.8. The van der Waals surface area contributed by atoms with Gasteiger partial charge in [-0.25, -0.2) is 14.8 Å². The first-order valence-corrected chi connectivity index (χ1v) is 14.0. The summed E-state index contributed by atoms with van der Waals surface area (Å²) in [6.07, 6.45) is 5.20. The molecule has 3 heterocycles. The van der Waals surface area contributed by atoms with E-state index in [-0.39, 0.29) is 17.2 Å². The number of nitrogens with zero attached hydrogens (tertiary/aromatic N) is 4. The molecule has 2 aromatic carbocycles. The van der Waals surface area contributed by atoms with Crippen LogP contribution in [0.1, 0.15) is 24.1 Å². The van der Waals surface area contributed by atoms with Crippen LogP contribution in [0, 0.1) is 23.2 Å². The summed E-state index contributed by atoms with van der Waals surface area (Å²) in [5.74, 6) is 7.36. The molecule has 0 bridgehead atoms. The van der Waals surface area contributed by atoms with Gasteiger partial charge in [-0.05, 0) is 61.4 Å². The highest BCUT2D eigenvalue weighted by molar-refractivity contribution is 6.32. The first-order chi connectivity index (χ1) is 20.8. The minimum atomic E-state index is -0.875. The molecule has 2 aliphatic rings. The van der Waals surface area contributed by atoms with Crippen LogP contribution in [0.15, 0.2) is 73.7 Å². The molecule has 3 N–H and O–H groups in total. The Morgan fingerprint density at radius 1 is 1.16 bits per heavy atom. The molecule has 43 heavy (non-hydrogen) atoms. The predicted molar refractivity (Wildman–Crippen MR) is 163 cm³/mol. The third kappa shape index (κ3) is 6.08. The van der Waals surface area contributed by atoms with Crippen LogP contribution in [0.3, 0.4) is 0 Å². The fraction of sp³-hybridized carbons (Fsp3) is 0.219. The van der Waals surface area contributed by atoms with Gasteiger partial charge in [-0.15, -0.1) is 0 Å². The molecule has 1 spiro atoms.